The lowest BCUT2D eigenvalue weighted by molar-refractivity contribution is 0.102. The molecule has 0 aromatic heterocycles. The van der Waals surface area contributed by atoms with Crippen molar-refractivity contribution in [3.05, 3.63) is 58.9 Å². The molecule has 0 atom stereocenters. The fraction of sp³-hybridized carbons (Fsp3) is 0. The smallest absolute Gasteiger partial charge is 0.255 e. The van der Waals surface area contributed by atoms with Gasteiger partial charge in [-0.25, -0.2) is 4.39 Å². The topological polar surface area (TPSA) is 49.3 Å². The average molecular weight is 266 g/mol. The van der Waals surface area contributed by atoms with Gasteiger partial charge in [-0.1, -0.05) is 17.7 Å². The van der Waals surface area contributed by atoms with Crippen LogP contribution < -0.4 is 5.32 Å². The Kier molecular flexibility index (Phi) is 3.48. The SMILES string of the molecule is O=C(Nc1cc(F)cc(Cl)c1)c1cccc(O)c1. The number of phenolic OH excluding ortho intramolecular Hbond substituents is 1. The van der Waals surface area contributed by atoms with Crippen molar-refractivity contribution in [2.75, 3.05) is 5.32 Å². The van der Waals surface area contributed by atoms with Crippen LogP contribution >= 0.6 is 11.6 Å². The van der Waals surface area contributed by atoms with Gasteiger partial charge in [0.05, 0.1) is 0 Å². The van der Waals surface area contributed by atoms with E-state index < -0.39 is 11.7 Å². The van der Waals surface area contributed by atoms with Crippen LogP contribution in [-0.4, -0.2) is 11.0 Å². The standard InChI is InChI=1S/C13H9ClFNO2/c14-9-5-10(15)7-11(6-9)16-13(18)8-2-1-3-12(17)4-8/h1-7,17H,(H,16,18). The molecule has 0 aliphatic heterocycles. The van der Waals surface area contributed by atoms with Crippen LogP contribution in [0.4, 0.5) is 10.1 Å². The van der Waals surface area contributed by atoms with Crippen molar-refractivity contribution in [1.82, 2.24) is 0 Å². The first-order valence-electron chi connectivity index (χ1n) is 5.11. The summed E-state index contributed by atoms with van der Waals surface area (Å²) in [6.07, 6.45) is 0. The summed E-state index contributed by atoms with van der Waals surface area (Å²) in [6, 6.07) is 9.59. The summed E-state index contributed by atoms with van der Waals surface area (Å²) < 4.78 is 13.1. The lowest BCUT2D eigenvalue weighted by Gasteiger charge is -2.06. The van der Waals surface area contributed by atoms with Gasteiger partial charge < -0.3 is 10.4 Å². The molecule has 0 saturated heterocycles. The molecule has 0 bridgehead atoms. The summed E-state index contributed by atoms with van der Waals surface area (Å²) in [5.41, 5.74) is 0.531. The fourth-order valence-corrected chi connectivity index (χ4v) is 1.70. The normalized spacial score (nSPS) is 10.1. The number of hydrogen-bond acceptors (Lipinski definition) is 2. The Hall–Kier alpha value is -2.07. The van der Waals surface area contributed by atoms with Gasteiger partial charge in [0.1, 0.15) is 11.6 Å². The number of nitrogens with one attached hydrogen (secondary N) is 1. The Balaban J connectivity index is 2.21. The quantitative estimate of drug-likeness (QED) is 0.874. The van der Waals surface area contributed by atoms with E-state index in [9.17, 15) is 14.3 Å². The minimum atomic E-state index is -0.534. The first-order chi connectivity index (χ1) is 8.54. The van der Waals surface area contributed by atoms with E-state index in [0.717, 1.165) is 12.1 Å². The van der Waals surface area contributed by atoms with Gasteiger partial charge in [-0.15, -0.1) is 0 Å². The zero-order valence-electron chi connectivity index (χ0n) is 9.15. The predicted molar refractivity (Wildman–Crippen MR) is 67.5 cm³/mol. The molecule has 0 fully saturated rings. The molecule has 1 amide bonds. The summed E-state index contributed by atoms with van der Waals surface area (Å²) in [5, 5.41) is 11.9. The molecule has 2 aromatic rings. The molecule has 5 heteroatoms. The molecule has 0 aliphatic rings. The van der Waals surface area contributed by atoms with Crippen molar-refractivity contribution < 1.29 is 14.3 Å². The van der Waals surface area contributed by atoms with E-state index in [4.69, 9.17) is 11.6 Å². The highest BCUT2D eigenvalue weighted by Crippen LogP contribution is 2.19. The molecule has 2 aromatic carbocycles. The summed E-state index contributed by atoms with van der Waals surface area (Å²) in [5.74, 6) is -0.999. The van der Waals surface area contributed by atoms with Gasteiger partial charge in [0.2, 0.25) is 0 Å². The largest absolute Gasteiger partial charge is 0.508 e. The molecule has 0 saturated carbocycles. The van der Waals surface area contributed by atoms with E-state index >= 15 is 0 Å². The van der Waals surface area contributed by atoms with Crippen molar-refractivity contribution in [3.8, 4) is 5.75 Å². The number of amides is 1. The van der Waals surface area contributed by atoms with Gasteiger partial charge >= 0.3 is 0 Å². The fourth-order valence-electron chi connectivity index (χ4n) is 1.48. The maximum atomic E-state index is 13.1. The van der Waals surface area contributed by atoms with E-state index in [1.807, 2.05) is 0 Å². The Bertz CT molecular complexity index is 581. The van der Waals surface area contributed by atoms with Crippen LogP contribution in [0.1, 0.15) is 10.4 Å². The Labute approximate surface area is 108 Å². The first-order valence-corrected chi connectivity index (χ1v) is 5.49. The van der Waals surface area contributed by atoms with Gasteiger partial charge in [-0.05, 0) is 36.4 Å². The van der Waals surface area contributed by atoms with Crippen LogP contribution in [0.2, 0.25) is 5.02 Å². The maximum absolute atomic E-state index is 13.1. The average Bonchev–Trinajstić information content (AvgIpc) is 2.27. The summed E-state index contributed by atoms with van der Waals surface area (Å²) in [4.78, 5) is 11.8. The number of rotatable bonds is 2. The van der Waals surface area contributed by atoms with Crippen LogP contribution in [0.5, 0.6) is 5.75 Å². The highest BCUT2D eigenvalue weighted by molar-refractivity contribution is 6.31. The van der Waals surface area contributed by atoms with Crippen LogP contribution in [0.15, 0.2) is 42.5 Å². The van der Waals surface area contributed by atoms with E-state index in [2.05, 4.69) is 5.32 Å². The lowest BCUT2D eigenvalue weighted by Crippen LogP contribution is -2.11. The van der Waals surface area contributed by atoms with Crippen LogP contribution in [-0.2, 0) is 0 Å². The second-order valence-corrected chi connectivity index (χ2v) is 4.10. The number of aromatic hydroxyl groups is 1. The highest BCUT2D eigenvalue weighted by Gasteiger charge is 2.08. The number of halogens is 2. The molecule has 92 valence electrons. The number of benzene rings is 2. The molecule has 0 spiro atoms. The van der Waals surface area contributed by atoms with Crippen molar-refractivity contribution in [2.45, 2.75) is 0 Å². The van der Waals surface area contributed by atoms with Gasteiger partial charge in [-0.2, -0.15) is 0 Å². The van der Waals surface area contributed by atoms with Crippen molar-refractivity contribution in [3.63, 3.8) is 0 Å². The van der Waals surface area contributed by atoms with Gasteiger partial charge in [0.15, 0.2) is 0 Å². The van der Waals surface area contributed by atoms with E-state index in [1.165, 1.54) is 24.3 Å². The summed E-state index contributed by atoms with van der Waals surface area (Å²) in [6.45, 7) is 0. The third kappa shape index (κ3) is 2.99. The van der Waals surface area contributed by atoms with E-state index in [1.54, 1.807) is 6.07 Å². The Morgan fingerprint density at radius 2 is 2.00 bits per heavy atom. The van der Waals surface area contributed by atoms with E-state index in [0.29, 0.717) is 0 Å². The second-order valence-electron chi connectivity index (χ2n) is 3.66. The molecule has 0 unspecified atom stereocenters. The lowest BCUT2D eigenvalue weighted by atomic mass is 10.2. The third-order valence-corrected chi connectivity index (χ3v) is 2.45. The number of hydrogen-bond donors (Lipinski definition) is 2. The molecular formula is C13H9ClFNO2. The molecule has 18 heavy (non-hydrogen) atoms. The second kappa shape index (κ2) is 5.06. The molecule has 2 rings (SSSR count). The van der Waals surface area contributed by atoms with E-state index in [-0.39, 0.29) is 22.0 Å². The zero-order chi connectivity index (χ0) is 13.1. The molecular weight excluding hydrogens is 257 g/mol. The minimum absolute atomic E-state index is 0.0140. The first kappa shape index (κ1) is 12.4. The molecule has 2 N–H and O–H groups in total. The molecule has 3 nitrogen and oxygen atoms in total. The van der Waals surface area contributed by atoms with Gasteiger partial charge in [-0.3, -0.25) is 4.79 Å². The summed E-state index contributed by atoms with van der Waals surface area (Å²) in [7, 11) is 0. The van der Waals surface area contributed by atoms with Crippen molar-refractivity contribution in [1.29, 1.82) is 0 Å². The maximum Gasteiger partial charge on any atom is 0.255 e. The van der Waals surface area contributed by atoms with Gasteiger partial charge in [0, 0.05) is 16.3 Å². The van der Waals surface area contributed by atoms with Crippen LogP contribution in [0.3, 0.4) is 0 Å². The molecule has 0 radical (unpaired) electrons. The third-order valence-electron chi connectivity index (χ3n) is 2.23. The minimum Gasteiger partial charge on any atom is -0.508 e. The predicted octanol–water partition coefficient (Wildman–Crippen LogP) is 3.44. The summed E-state index contributed by atoms with van der Waals surface area (Å²) >= 11 is 5.67. The van der Waals surface area contributed by atoms with Gasteiger partial charge in [0.25, 0.3) is 5.91 Å². The van der Waals surface area contributed by atoms with Crippen LogP contribution in [0.25, 0.3) is 0 Å². The van der Waals surface area contributed by atoms with Crippen molar-refractivity contribution >= 4 is 23.2 Å². The number of carbonyl (C=O) groups excluding carboxylic acids is 1. The number of anilines is 1. The molecule has 0 aliphatic carbocycles. The van der Waals surface area contributed by atoms with Crippen LogP contribution in [0, 0.1) is 5.82 Å². The highest BCUT2D eigenvalue weighted by atomic mass is 35.5. The Morgan fingerprint density at radius 3 is 2.67 bits per heavy atom. The molecule has 0 heterocycles. The van der Waals surface area contributed by atoms with Crippen molar-refractivity contribution in [2.24, 2.45) is 0 Å². The number of carbonyl (C=O) groups is 1. The Morgan fingerprint density at radius 1 is 1.22 bits per heavy atom. The zero-order valence-corrected chi connectivity index (χ0v) is 9.91. The monoisotopic (exact) mass is 265 g/mol. The number of phenols is 1.